The highest BCUT2D eigenvalue weighted by Gasteiger charge is 2.19. The predicted molar refractivity (Wildman–Crippen MR) is 93.2 cm³/mol. The van der Waals surface area contributed by atoms with Gasteiger partial charge in [-0.1, -0.05) is 53.4 Å². The average molecular weight is 333 g/mol. The summed E-state index contributed by atoms with van der Waals surface area (Å²) in [5, 5.41) is 4.47. The topological polar surface area (TPSA) is 51.0 Å². The van der Waals surface area contributed by atoms with E-state index >= 15 is 0 Å². The molecule has 0 aromatic heterocycles. The summed E-state index contributed by atoms with van der Waals surface area (Å²) in [7, 11) is 0. The summed E-state index contributed by atoms with van der Waals surface area (Å²) in [4.78, 5) is 0. The van der Waals surface area contributed by atoms with Gasteiger partial charge in [-0.25, -0.2) is 0 Å². The van der Waals surface area contributed by atoms with E-state index in [-0.39, 0.29) is 0 Å². The Morgan fingerprint density at radius 2 is 0.783 bits per heavy atom. The molecule has 0 bridgehead atoms. The molecule has 0 rings (SSSR count). The van der Waals surface area contributed by atoms with Crippen LogP contribution in [0, 0.1) is 0 Å². The Hall–Kier alpha value is -0.200. The largest absolute Gasteiger partial charge is 0.339 e. The van der Waals surface area contributed by atoms with Crippen LogP contribution in [-0.4, -0.2) is 39.3 Å². The van der Waals surface area contributed by atoms with Gasteiger partial charge < -0.3 is 18.9 Å². The third-order valence-electron chi connectivity index (χ3n) is 3.28. The monoisotopic (exact) mass is 332 g/mol. The molecule has 0 aromatic rings. The van der Waals surface area contributed by atoms with Crippen LogP contribution >= 0.6 is 0 Å². The molecule has 0 aliphatic carbocycles. The van der Waals surface area contributed by atoms with Crippen molar-refractivity contribution in [1.29, 1.82) is 0 Å². The smallest absolute Gasteiger partial charge is 0.236 e. The molecule has 1 radical (unpaired) electrons. The lowest BCUT2D eigenvalue weighted by molar-refractivity contribution is -0.241. The Kier molecular flexibility index (Phi) is 18.0. The van der Waals surface area contributed by atoms with E-state index in [4.69, 9.17) is 18.9 Å². The highest BCUT2D eigenvalue weighted by Crippen LogP contribution is 2.05. The van der Waals surface area contributed by atoms with Gasteiger partial charge >= 0.3 is 0 Å². The fourth-order valence-corrected chi connectivity index (χ4v) is 1.68. The Balaban J connectivity index is 4.31. The molecular weight excluding hydrogens is 294 g/mol. The summed E-state index contributed by atoms with van der Waals surface area (Å²) in [5.74, 6) is 0. The molecule has 5 nitrogen and oxygen atoms in total. The van der Waals surface area contributed by atoms with Gasteiger partial charge in [0.15, 0.2) is 0 Å². The molecule has 0 atom stereocenters. The fraction of sp³-hybridized carbons (Fsp3) is 1.00. The molecule has 0 saturated carbocycles. The Morgan fingerprint density at radius 1 is 0.522 bits per heavy atom. The third kappa shape index (κ3) is 15.1. The van der Waals surface area contributed by atoms with Crippen LogP contribution < -0.4 is 5.32 Å². The first-order chi connectivity index (χ1) is 11.3. The normalized spacial score (nSPS) is 11.7. The van der Waals surface area contributed by atoms with E-state index in [0.717, 1.165) is 51.4 Å². The molecule has 0 aliphatic rings. The maximum absolute atomic E-state index is 5.72. The van der Waals surface area contributed by atoms with Crippen LogP contribution in [0.5, 0.6) is 0 Å². The number of unbranched alkanes of at least 4 members (excludes halogenated alkanes) is 4. The number of hydrogen-bond donors (Lipinski definition) is 0. The molecule has 0 spiro atoms. The average Bonchev–Trinajstić information content (AvgIpc) is 2.55. The minimum Gasteiger partial charge on any atom is -0.339 e. The first kappa shape index (κ1) is 22.8. The van der Waals surface area contributed by atoms with Crippen molar-refractivity contribution in [3.63, 3.8) is 0 Å². The molecule has 0 amide bonds. The van der Waals surface area contributed by atoms with Crippen LogP contribution in [-0.2, 0) is 18.9 Å². The fourth-order valence-electron chi connectivity index (χ4n) is 1.68. The van der Waals surface area contributed by atoms with Crippen LogP contribution in [0.25, 0.3) is 0 Å². The van der Waals surface area contributed by atoms with Gasteiger partial charge in [-0.2, -0.15) is 0 Å². The quantitative estimate of drug-likeness (QED) is 0.275. The van der Waals surface area contributed by atoms with Gasteiger partial charge in [-0.05, 0) is 25.7 Å². The van der Waals surface area contributed by atoms with Crippen LogP contribution in [0.3, 0.4) is 0 Å². The van der Waals surface area contributed by atoms with Gasteiger partial charge in [-0.15, -0.1) is 5.32 Å². The highest BCUT2D eigenvalue weighted by atomic mass is 16.7. The van der Waals surface area contributed by atoms with Gasteiger partial charge in [0.25, 0.3) is 0 Å². The first-order valence-electron chi connectivity index (χ1n) is 9.44. The second-order valence-corrected chi connectivity index (χ2v) is 5.66. The molecule has 23 heavy (non-hydrogen) atoms. The molecule has 139 valence electrons. The van der Waals surface area contributed by atoms with Crippen LogP contribution in [0.15, 0.2) is 0 Å². The van der Waals surface area contributed by atoms with Gasteiger partial charge in [0.2, 0.25) is 12.8 Å². The SMILES string of the molecule is CCCCOC([N]C(OCCCC)OCCCC)OCCCC. The summed E-state index contributed by atoms with van der Waals surface area (Å²) in [6.07, 6.45) is 7.17. The van der Waals surface area contributed by atoms with Crippen molar-refractivity contribution in [2.75, 3.05) is 26.4 Å². The van der Waals surface area contributed by atoms with E-state index in [0.29, 0.717) is 26.4 Å². The van der Waals surface area contributed by atoms with E-state index in [1.807, 2.05) is 0 Å². The van der Waals surface area contributed by atoms with Crippen molar-refractivity contribution in [3.05, 3.63) is 0 Å². The predicted octanol–water partition coefficient (Wildman–Crippen LogP) is 4.42. The Labute approximate surface area is 143 Å². The highest BCUT2D eigenvalue weighted by molar-refractivity contribution is 4.48. The summed E-state index contributed by atoms with van der Waals surface area (Å²) in [6, 6.07) is 0. The number of hydrogen-bond acceptors (Lipinski definition) is 4. The van der Waals surface area contributed by atoms with Crippen LogP contribution in [0.1, 0.15) is 79.1 Å². The molecule has 0 saturated heterocycles. The van der Waals surface area contributed by atoms with Gasteiger partial charge in [0, 0.05) is 0 Å². The first-order valence-corrected chi connectivity index (χ1v) is 9.44. The lowest BCUT2D eigenvalue weighted by Gasteiger charge is -2.24. The van der Waals surface area contributed by atoms with Crippen molar-refractivity contribution in [2.45, 2.75) is 91.9 Å². The molecule has 0 N–H and O–H groups in total. The second-order valence-electron chi connectivity index (χ2n) is 5.66. The lowest BCUT2D eigenvalue weighted by atomic mass is 10.4. The molecule has 5 heteroatoms. The van der Waals surface area contributed by atoms with Gasteiger partial charge in [0.05, 0.1) is 26.4 Å². The van der Waals surface area contributed by atoms with E-state index in [9.17, 15) is 0 Å². The van der Waals surface area contributed by atoms with E-state index in [1.54, 1.807) is 0 Å². The zero-order chi connectivity index (χ0) is 17.2. The standard InChI is InChI=1S/C18H38NO4/c1-5-9-13-20-17(21-14-10-6-2)19-18(22-15-11-7-3)23-16-12-8-4/h17-18H,5-16H2,1-4H3. The summed E-state index contributed by atoms with van der Waals surface area (Å²) in [6.45, 7) is 11.1. The lowest BCUT2D eigenvalue weighted by Crippen LogP contribution is -2.40. The maximum atomic E-state index is 5.72. The Morgan fingerprint density at radius 3 is 1.00 bits per heavy atom. The molecule has 0 fully saturated rings. The second kappa shape index (κ2) is 18.1. The number of nitrogens with zero attached hydrogens (tertiary/aromatic N) is 1. The summed E-state index contributed by atoms with van der Waals surface area (Å²) < 4.78 is 22.9. The number of rotatable bonds is 18. The van der Waals surface area contributed by atoms with Crippen LogP contribution in [0.2, 0.25) is 0 Å². The maximum Gasteiger partial charge on any atom is 0.236 e. The van der Waals surface area contributed by atoms with Gasteiger partial charge in [0.1, 0.15) is 0 Å². The van der Waals surface area contributed by atoms with E-state index < -0.39 is 12.8 Å². The van der Waals surface area contributed by atoms with Crippen molar-refractivity contribution in [3.8, 4) is 0 Å². The molecule has 0 unspecified atom stereocenters. The summed E-state index contributed by atoms with van der Waals surface area (Å²) >= 11 is 0. The molecular formula is C18H38NO4. The minimum atomic E-state index is -0.596. The van der Waals surface area contributed by atoms with Gasteiger partial charge in [-0.3, -0.25) is 0 Å². The zero-order valence-corrected chi connectivity index (χ0v) is 15.7. The molecule has 0 aliphatic heterocycles. The van der Waals surface area contributed by atoms with Crippen molar-refractivity contribution < 1.29 is 18.9 Å². The van der Waals surface area contributed by atoms with Crippen LogP contribution in [0.4, 0.5) is 0 Å². The zero-order valence-electron chi connectivity index (χ0n) is 15.7. The third-order valence-corrected chi connectivity index (χ3v) is 3.28. The minimum absolute atomic E-state index is 0.596. The van der Waals surface area contributed by atoms with Crippen molar-refractivity contribution in [1.82, 2.24) is 5.32 Å². The van der Waals surface area contributed by atoms with Crippen molar-refractivity contribution >= 4 is 0 Å². The number of ether oxygens (including phenoxy) is 4. The summed E-state index contributed by atoms with van der Waals surface area (Å²) in [5.41, 5.74) is 0. The molecule has 0 heterocycles. The Bertz CT molecular complexity index is 187. The van der Waals surface area contributed by atoms with E-state index in [1.165, 1.54) is 0 Å². The van der Waals surface area contributed by atoms with E-state index in [2.05, 4.69) is 33.0 Å². The molecule has 0 aromatic carbocycles. The van der Waals surface area contributed by atoms with Crippen molar-refractivity contribution in [2.24, 2.45) is 0 Å².